The molecule has 0 saturated heterocycles. The molecule has 5 aromatic rings. The number of hydrogen-bond acceptors (Lipinski definition) is 7. The van der Waals surface area contributed by atoms with Crippen LogP contribution in [0.25, 0.3) is 31.6 Å². The Balaban J connectivity index is 0.00000387. The largest absolute Gasteiger partial charge is 1.00 e. The fourth-order valence-corrected chi connectivity index (χ4v) is 6.48. The van der Waals surface area contributed by atoms with Gasteiger partial charge in [-0.15, -0.1) is 11.3 Å². The van der Waals surface area contributed by atoms with Crippen LogP contribution in [0.15, 0.2) is 71.6 Å². The van der Waals surface area contributed by atoms with Crippen molar-refractivity contribution < 1.29 is 65.8 Å². The Labute approximate surface area is 260 Å². The number of aromatic carboxylic acids is 1. The summed E-state index contributed by atoms with van der Waals surface area (Å²) in [5.74, 6) is -1.23. The molecule has 0 amide bonds. The Kier molecular flexibility index (Phi) is 8.60. The van der Waals surface area contributed by atoms with Gasteiger partial charge in [-0.05, 0) is 73.2 Å². The molecule has 0 aliphatic carbocycles. The normalized spacial score (nSPS) is 12.7. The van der Waals surface area contributed by atoms with Gasteiger partial charge in [-0.1, -0.05) is 36.4 Å². The molecule has 41 heavy (non-hydrogen) atoms. The molecule has 5 rings (SSSR count). The minimum atomic E-state index is -5.49. The molecule has 0 bridgehead atoms. The summed E-state index contributed by atoms with van der Waals surface area (Å²) in [6.07, 6.45) is -0.771. The van der Waals surface area contributed by atoms with Gasteiger partial charge in [0, 0.05) is 10.3 Å². The number of pyridine rings is 1. The molecule has 0 fully saturated rings. The van der Waals surface area contributed by atoms with Gasteiger partial charge in [0.15, 0.2) is 0 Å². The van der Waals surface area contributed by atoms with Gasteiger partial charge in [0.1, 0.15) is 11.9 Å². The van der Waals surface area contributed by atoms with Crippen LogP contribution in [0.5, 0.6) is 5.75 Å². The molecule has 206 valence electrons. The number of halogens is 3. The number of carboxylic acid groups (broad SMARTS) is 1. The molecular formula is C29H21F3NNaO5S2. The van der Waals surface area contributed by atoms with E-state index in [2.05, 4.69) is 0 Å². The summed E-state index contributed by atoms with van der Waals surface area (Å²) in [5.41, 5.74) is -2.57. The van der Waals surface area contributed by atoms with E-state index in [1.54, 1.807) is 26.0 Å². The SMILES string of the molecule is Cc1c(-c2cc(C(=O)[O-])c3c(OC(C)c4ccc(S(=O)(=O)C(F)(F)F)cc4)ccc(C)c3n2)sc2ccccc12.[Na+]. The van der Waals surface area contributed by atoms with Gasteiger partial charge in [-0.25, -0.2) is 13.4 Å². The summed E-state index contributed by atoms with van der Waals surface area (Å²) in [6, 6.07) is 16.8. The van der Waals surface area contributed by atoms with Crippen LogP contribution in [-0.4, -0.2) is 24.9 Å². The molecule has 2 heterocycles. The predicted octanol–water partition coefficient (Wildman–Crippen LogP) is 3.53. The zero-order valence-corrected chi connectivity index (χ0v) is 26.0. The van der Waals surface area contributed by atoms with E-state index in [0.717, 1.165) is 32.7 Å². The number of hydrogen-bond donors (Lipinski definition) is 0. The zero-order valence-electron chi connectivity index (χ0n) is 22.4. The number of rotatable bonds is 6. The number of carbonyl (C=O) groups excluding carboxylic acids is 1. The van der Waals surface area contributed by atoms with Crippen LogP contribution < -0.4 is 39.4 Å². The third-order valence-corrected chi connectivity index (χ3v) is 9.49. The van der Waals surface area contributed by atoms with Crippen molar-refractivity contribution in [2.45, 2.75) is 37.3 Å². The first-order valence-corrected chi connectivity index (χ1v) is 14.3. The molecule has 0 radical (unpaired) electrons. The number of nitrogens with zero attached hydrogens (tertiary/aromatic N) is 1. The van der Waals surface area contributed by atoms with Gasteiger partial charge in [-0.3, -0.25) is 0 Å². The van der Waals surface area contributed by atoms with Crippen LogP contribution in [0.1, 0.15) is 40.1 Å². The summed E-state index contributed by atoms with van der Waals surface area (Å²) >= 11 is 1.51. The smallest absolute Gasteiger partial charge is 0.545 e. The van der Waals surface area contributed by atoms with Crippen molar-refractivity contribution in [2.24, 2.45) is 0 Å². The molecule has 1 atom stereocenters. The standard InChI is InChI=1S/C29H22F3NO5S2.Na/c1-15-8-13-23(38-17(3)18-9-11-19(12-10-18)40(36,37)29(30,31)32)25-21(28(34)35)14-22(33-26(15)25)27-16(2)20-6-4-5-7-24(20)39-27;/h4-14,17H,1-3H3,(H,34,35);/q;+1/p-1. The Morgan fingerprint density at radius 2 is 1.68 bits per heavy atom. The minimum absolute atomic E-state index is 0. The molecule has 1 unspecified atom stereocenters. The van der Waals surface area contributed by atoms with E-state index in [4.69, 9.17) is 9.72 Å². The number of benzene rings is 3. The molecule has 12 heteroatoms. The van der Waals surface area contributed by atoms with Gasteiger partial charge in [0.25, 0.3) is 9.84 Å². The summed E-state index contributed by atoms with van der Waals surface area (Å²) in [7, 11) is -5.49. The molecule has 0 spiro atoms. The number of fused-ring (bicyclic) bond motifs is 2. The van der Waals surface area contributed by atoms with Crippen molar-refractivity contribution in [3.63, 3.8) is 0 Å². The van der Waals surface area contributed by atoms with Crippen LogP contribution in [0.4, 0.5) is 13.2 Å². The topological polar surface area (TPSA) is 96.4 Å². The maximum absolute atomic E-state index is 12.9. The van der Waals surface area contributed by atoms with Gasteiger partial charge < -0.3 is 14.6 Å². The average Bonchev–Trinajstić information content (AvgIpc) is 3.25. The van der Waals surface area contributed by atoms with Crippen molar-refractivity contribution in [2.75, 3.05) is 0 Å². The van der Waals surface area contributed by atoms with E-state index in [1.807, 2.05) is 31.2 Å². The Morgan fingerprint density at radius 3 is 2.29 bits per heavy atom. The molecular weight excluding hydrogens is 586 g/mol. The quantitative estimate of drug-likeness (QED) is 0.274. The van der Waals surface area contributed by atoms with Gasteiger partial charge in [0.2, 0.25) is 0 Å². The van der Waals surface area contributed by atoms with E-state index in [-0.39, 0.29) is 46.3 Å². The molecule has 0 saturated carbocycles. The van der Waals surface area contributed by atoms with E-state index in [1.165, 1.54) is 29.5 Å². The third-order valence-electron chi connectivity index (χ3n) is 6.69. The average molecular weight is 608 g/mol. The summed E-state index contributed by atoms with van der Waals surface area (Å²) < 4.78 is 69.2. The van der Waals surface area contributed by atoms with Crippen LogP contribution in [0, 0.1) is 13.8 Å². The van der Waals surface area contributed by atoms with Gasteiger partial charge in [0.05, 0.1) is 32.3 Å². The molecule has 0 N–H and O–H groups in total. The predicted molar refractivity (Wildman–Crippen MR) is 145 cm³/mol. The summed E-state index contributed by atoms with van der Waals surface area (Å²) in [6.45, 7) is 5.36. The van der Waals surface area contributed by atoms with Crippen molar-refractivity contribution in [1.82, 2.24) is 4.98 Å². The number of aromatic nitrogens is 1. The van der Waals surface area contributed by atoms with Crippen molar-refractivity contribution in [3.8, 4) is 16.3 Å². The summed E-state index contributed by atoms with van der Waals surface area (Å²) in [5, 5.41) is 13.6. The number of alkyl halides is 3. The van der Waals surface area contributed by atoms with Crippen molar-refractivity contribution >= 4 is 48.1 Å². The first kappa shape index (κ1) is 31.0. The van der Waals surface area contributed by atoms with E-state index in [9.17, 15) is 31.5 Å². The molecule has 6 nitrogen and oxygen atoms in total. The number of thiophene rings is 1. The number of aryl methyl sites for hydroxylation is 2. The third kappa shape index (κ3) is 5.61. The number of sulfone groups is 1. The van der Waals surface area contributed by atoms with E-state index in [0.29, 0.717) is 22.3 Å². The minimum Gasteiger partial charge on any atom is -0.545 e. The molecule has 0 aliphatic heterocycles. The zero-order chi connectivity index (χ0) is 29.0. The second-order valence-corrected chi connectivity index (χ2v) is 12.3. The van der Waals surface area contributed by atoms with E-state index < -0.39 is 32.3 Å². The van der Waals surface area contributed by atoms with Crippen LogP contribution >= 0.6 is 11.3 Å². The van der Waals surface area contributed by atoms with Crippen LogP contribution in [0.2, 0.25) is 0 Å². The molecule has 0 aliphatic rings. The molecule has 2 aromatic heterocycles. The maximum Gasteiger partial charge on any atom is 1.00 e. The second kappa shape index (κ2) is 11.4. The second-order valence-electron chi connectivity index (χ2n) is 9.28. The molecule has 3 aromatic carbocycles. The van der Waals surface area contributed by atoms with Crippen molar-refractivity contribution in [1.29, 1.82) is 0 Å². The van der Waals surface area contributed by atoms with E-state index >= 15 is 0 Å². The van der Waals surface area contributed by atoms with Crippen molar-refractivity contribution in [3.05, 3.63) is 89.0 Å². The number of carboxylic acids is 1. The van der Waals surface area contributed by atoms with Crippen LogP contribution in [-0.2, 0) is 9.84 Å². The Bertz CT molecular complexity index is 1900. The van der Waals surface area contributed by atoms with Gasteiger partial charge >= 0.3 is 35.1 Å². The fraction of sp³-hybridized carbons (Fsp3) is 0.172. The van der Waals surface area contributed by atoms with Gasteiger partial charge in [-0.2, -0.15) is 13.2 Å². The fourth-order valence-electron chi connectivity index (χ4n) is 4.55. The Hall–Kier alpha value is -2.96. The first-order valence-electron chi connectivity index (χ1n) is 12.0. The van der Waals surface area contributed by atoms with Crippen LogP contribution in [0.3, 0.4) is 0 Å². The first-order chi connectivity index (χ1) is 18.8. The maximum atomic E-state index is 12.9. The number of carbonyl (C=O) groups is 1. The Morgan fingerprint density at radius 1 is 1.02 bits per heavy atom. The monoisotopic (exact) mass is 607 g/mol. The number of ether oxygens (including phenoxy) is 1. The summed E-state index contributed by atoms with van der Waals surface area (Å²) in [4.78, 5) is 17.1.